The first-order valence-electron chi connectivity index (χ1n) is 8.21. The Balaban J connectivity index is 2.85. The first-order chi connectivity index (χ1) is 11.0. The van der Waals surface area contributed by atoms with Gasteiger partial charge in [0.25, 0.3) is 0 Å². The first-order valence-corrected chi connectivity index (χ1v) is 8.21. The van der Waals surface area contributed by atoms with Gasteiger partial charge in [0.05, 0.1) is 17.2 Å². The molecule has 0 heterocycles. The molecule has 1 rings (SSSR count). The minimum Gasteiger partial charge on any atom is -0.478 e. The van der Waals surface area contributed by atoms with Gasteiger partial charge in [0, 0.05) is 0 Å². The van der Waals surface area contributed by atoms with Gasteiger partial charge in [-0.25, -0.2) is 9.59 Å². The Morgan fingerprint density at radius 1 is 1.17 bits per heavy atom. The second-order valence-electron chi connectivity index (χ2n) is 5.64. The standard InChI is InChI=1S/C18H26O5/c1-3-5-8-13-9-7-11-15(16(13)17(20)21)18(22)23-12-14(19)10-6-4-2/h7,9,11,14,19H,3-6,8,10,12H2,1-2H3,(H,20,21). The van der Waals surface area contributed by atoms with E-state index in [0.717, 1.165) is 25.7 Å². The lowest BCUT2D eigenvalue weighted by atomic mass is 9.97. The van der Waals surface area contributed by atoms with Gasteiger partial charge in [0.2, 0.25) is 0 Å². The maximum atomic E-state index is 12.2. The van der Waals surface area contributed by atoms with E-state index in [1.807, 2.05) is 13.8 Å². The number of rotatable bonds is 10. The number of aliphatic hydroxyl groups excluding tert-OH is 1. The van der Waals surface area contributed by atoms with Crippen LogP contribution in [-0.2, 0) is 11.2 Å². The number of carboxylic acid groups (broad SMARTS) is 1. The minimum absolute atomic E-state index is 0.00833. The van der Waals surface area contributed by atoms with Crippen molar-refractivity contribution in [3.05, 3.63) is 34.9 Å². The first kappa shape index (κ1) is 19.2. The SMILES string of the molecule is CCCCc1cccc(C(=O)OCC(O)CCCC)c1C(=O)O. The highest BCUT2D eigenvalue weighted by Gasteiger charge is 2.21. The third-order valence-corrected chi connectivity index (χ3v) is 3.68. The van der Waals surface area contributed by atoms with Crippen molar-refractivity contribution in [2.24, 2.45) is 0 Å². The normalized spacial score (nSPS) is 12.0. The van der Waals surface area contributed by atoms with Crippen LogP contribution < -0.4 is 0 Å². The zero-order chi connectivity index (χ0) is 17.2. The van der Waals surface area contributed by atoms with Gasteiger partial charge >= 0.3 is 11.9 Å². The molecular weight excluding hydrogens is 296 g/mol. The van der Waals surface area contributed by atoms with E-state index in [1.54, 1.807) is 12.1 Å². The average molecular weight is 322 g/mol. The molecule has 0 saturated heterocycles. The maximum Gasteiger partial charge on any atom is 0.339 e. The van der Waals surface area contributed by atoms with Crippen LogP contribution in [0.4, 0.5) is 0 Å². The number of carboxylic acids is 1. The third kappa shape index (κ3) is 6.02. The molecule has 1 aromatic carbocycles. The highest BCUT2D eigenvalue weighted by atomic mass is 16.5. The van der Waals surface area contributed by atoms with E-state index < -0.39 is 18.0 Å². The summed E-state index contributed by atoms with van der Waals surface area (Å²) in [5.74, 6) is -1.83. The van der Waals surface area contributed by atoms with Gasteiger partial charge in [0.15, 0.2) is 0 Å². The summed E-state index contributed by atoms with van der Waals surface area (Å²) in [6.07, 6.45) is 4.06. The molecule has 1 unspecified atom stereocenters. The summed E-state index contributed by atoms with van der Waals surface area (Å²) in [5.41, 5.74) is 0.697. The quantitative estimate of drug-likeness (QED) is 0.645. The van der Waals surface area contributed by atoms with E-state index >= 15 is 0 Å². The predicted octanol–water partition coefficient (Wildman–Crippen LogP) is 3.44. The summed E-state index contributed by atoms with van der Waals surface area (Å²) in [6, 6.07) is 4.85. The summed E-state index contributed by atoms with van der Waals surface area (Å²) in [6.45, 7) is 3.92. The number of benzene rings is 1. The molecule has 0 aliphatic rings. The number of ether oxygens (including phenoxy) is 1. The largest absolute Gasteiger partial charge is 0.478 e. The van der Waals surface area contributed by atoms with Gasteiger partial charge < -0.3 is 14.9 Å². The molecule has 5 heteroatoms. The molecule has 0 aliphatic carbocycles. The summed E-state index contributed by atoms with van der Waals surface area (Å²) in [7, 11) is 0. The Kier molecular flexibility index (Phi) is 8.33. The monoisotopic (exact) mass is 322 g/mol. The molecule has 2 N–H and O–H groups in total. The lowest BCUT2D eigenvalue weighted by molar-refractivity contribution is 0.0230. The van der Waals surface area contributed by atoms with E-state index in [0.29, 0.717) is 18.4 Å². The highest BCUT2D eigenvalue weighted by molar-refractivity contribution is 6.03. The number of esters is 1. The number of aromatic carboxylic acids is 1. The number of hydrogen-bond acceptors (Lipinski definition) is 4. The number of aliphatic hydroxyl groups is 1. The van der Waals surface area contributed by atoms with E-state index in [4.69, 9.17) is 4.74 Å². The lowest BCUT2D eigenvalue weighted by Crippen LogP contribution is -2.20. The van der Waals surface area contributed by atoms with Crippen LogP contribution in [0.15, 0.2) is 18.2 Å². The fourth-order valence-electron chi connectivity index (χ4n) is 2.37. The molecule has 0 aromatic heterocycles. The van der Waals surface area contributed by atoms with Crippen LogP contribution in [-0.4, -0.2) is 34.9 Å². The van der Waals surface area contributed by atoms with Gasteiger partial charge in [-0.05, 0) is 30.9 Å². The number of unbranched alkanes of at least 4 members (excludes halogenated alkanes) is 2. The summed E-state index contributed by atoms with van der Waals surface area (Å²) in [4.78, 5) is 23.7. The van der Waals surface area contributed by atoms with Gasteiger partial charge in [0.1, 0.15) is 6.61 Å². The molecule has 0 saturated carbocycles. The van der Waals surface area contributed by atoms with Gasteiger partial charge in [-0.15, -0.1) is 0 Å². The van der Waals surface area contributed by atoms with Crippen LogP contribution >= 0.6 is 0 Å². The number of aryl methyl sites for hydroxylation is 1. The molecule has 5 nitrogen and oxygen atoms in total. The highest BCUT2D eigenvalue weighted by Crippen LogP contribution is 2.19. The Bertz CT molecular complexity index is 524. The van der Waals surface area contributed by atoms with Crippen LogP contribution in [0.2, 0.25) is 0 Å². The molecule has 0 radical (unpaired) electrons. The fourth-order valence-corrected chi connectivity index (χ4v) is 2.37. The second kappa shape index (κ2) is 10.0. The summed E-state index contributed by atoms with van der Waals surface area (Å²) >= 11 is 0. The van der Waals surface area contributed by atoms with E-state index in [-0.39, 0.29) is 17.7 Å². The van der Waals surface area contributed by atoms with Gasteiger partial charge in [-0.2, -0.15) is 0 Å². The molecular formula is C18H26O5. The maximum absolute atomic E-state index is 12.2. The zero-order valence-corrected chi connectivity index (χ0v) is 13.9. The Hall–Kier alpha value is -1.88. The van der Waals surface area contributed by atoms with Crippen molar-refractivity contribution in [1.82, 2.24) is 0 Å². The van der Waals surface area contributed by atoms with E-state index in [2.05, 4.69) is 0 Å². The average Bonchev–Trinajstić information content (AvgIpc) is 2.55. The van der Waals surface area contributed by atoms with Crippen molar-refractivity contribution >= 4 is 11.9 Å². The molecule has 0 fully saturated rings. The van der Waals surface area contributed by atoms with E-state index in [1.165, 1.54) is 6.07 Å². The van der Waals surface area contributed by atoms with Crippen LogP contribution in [0.25, 0.3) is 0 Å². The minimum atomic E-state index is -1.13. The van der Waals surface area contributed by atoms with Crippen LogP contribution in [0.1, 0.15) is 72.2 Å². The molecule has 23 heavy (non-hydrogen) atoms. The van der Waals surface area contributed by atoms with Crippen LogP contribution in [0.3, 0.4) is 0 Å². The van der Waals surface area contributed by atoms with Crippen molar-refractivity contribution in [3.63, 3.8) is 0 Å². The Labute approximate surface area is 137 Å². The molecule has 0 bridgehead atoms. The summed E-state index contributed by atoms with van der Waals surface area (Å²) < 4.78 is 5.08. The third-order valence-electron chi connectivity index (χ3n) is 3.68. The molecule has 0 aliphatic heterocycles. The lowest BCUT2D eigenvalue weighted by Gasteiger charge is -2.13. The second-order valence-corrected chi connectivity index (χ2v) is 5.64. The number of hydrogen-bond donors (Lipinski definition) is 2. The van der Waals surface area contributed by atoms with Crippen molar-refractivity contribution in [2.45, 2.75) is 58.5 Å². The molecule has 0 spiro atoms. The number of carbonyl (C=O) groups excluding carboxylic acids is 1. The van der Waals surface area contributed by atoms with Crippen molar-refractivity contribution in [3.8, 4) is 0 Å². The Morgan fingerprint density at radius 3 is 2.48 bits per heavy atom. The summed E-state index contributed by atoms with van der Waals surface area (Å²) in [5, 5.41) is 19.2. The van der Waals surface area contributed by atoms with Crippen LogP contribution in [0, 0.1) is 0 Å². The van der Waals surface area contributed by atoms with Gasteiger partial charge in [-0.1, -0.05) is 45.2 Å². The van der Waals surface area contributed by atoms with Gasteiger partial charge in [-0.3, -0.25) is 0 Å². The van der Waals surface area contributed by atoms with Crippen molar-refractivity contribution in [1.29, 1.82) is 0 Å². The molecule has 128 valence electrons. The smallest absolute Gasteiger partial charge is 0.339 e. The molecule has 0 amide bonds. The Morgan fingerprint density at radius 2 is 1.87 bits per heavy atom. The zero-order valence-electron chi connectivity index (χ0n) is 13.9. The topological polar surface area (TPSA) is 83.8 Å². The molecule has 1 atom stereocenters. The van der Waals surface area contributed by atoms with Crippen molar-refractivity contribution < 1.29 is 24.5 Å². The fraction of sp³-hybridized carbons (Fsp3) is 0.556. The van der Waals surface area contributed by atoms with Crippen molar-refractivity contribution in [2.75, 3.05) is 6.61 Å². The van der Waals surface area contributed by atoms with E-state index in [9.17, 15) is 19.8 Å². The number of carbonyl (C=O) groups is 2. The predicted molar refractivity (Wildman–Crippen MR) is 87.8 cm³/mol. The molecule has 1 aromatic rings. The van der Waals surface area contributed by atoms with Crippen LogP contribution in [0.5, 0.6) is 0 Å².